The van der Waals surface area contributed by atoms with Crippen molar-refractivity contribution in [1.29, 1.82) is 0 Å². The van der Waals surface area contributed by atoms with Crippen LogP contribution >= 0.6 is 23.1 Å². The van der Waals surface area contributed by atoms with Crippen molar-refractivity contribution < 1.29 is 14.3 Å². The Bertz CT molecular complexity index is 698. The molecule has 1 aromatic carbocycles. The topological polar surface area (TPSA) is 59.5 Å². The van der Waals surface area contributed by atoms with Crippen LogP contribution in [0, 0.1) is 6.92 Å². The van der Waals surface area contributed by atoms with Crippen LogP contribution in [-0.2, 0) is 15.3 Å². The van der Waals surface area contributed by atoms with Gasteiger partial charge in [-0.25, -0.2) is 4.98 Å². The summed E-state index contributed by atoms with van der Waals surface area (Å²) in [6, 6.07) is 7.38. The average Bonchev–Trinajstić information content (AvgIpc) is 2.98. The summed E-state index contributed by atoms with van der Waals surface area (Å²) in [5.74, 6) is 0.203. The normalized spacial score (nSPS) is 10.5. The Kier molecular flexibility index (Phi) is 6.81. The largest absolute Gasteiger partial charge is 0.465 e. The van der Waals surface area contributed by atoms with Crippen LogP contribution < -0.4 is 0 Å². The van der Waals surface area contributed by atoms with Gasteiger partial charge in [0.25, 0.3) is 5.91 Å². The van der Waals surface area contributed by atoms with Crippen LogP contribution in [0.5, 0.6) is 0 Å². The molecule has 0 atom stereocenters. The van der Waals surface area contributed by atoms with Gasteiger partial charge in [0.05, 0.1) is 17.3 Å². The van der Waals surface area contributed by atoms with Gasteiger partial charge in [-0.2, -0.15) is 0 Å². The van der Waals surface area contributed by atoms with E-state index in [2.05, 4.69) is 10.4 Å². The molecule has 1 amide bonds. The van der Waals surface area contributed by atoms with Crippen molar-refractivity contribution in [1.82, 2.24) is 9.88 Å². The molecule has 1 aromatic heterocycles. The van der Waals surface area contributed by atoms with E-state index in [-0.39, 0.29) is 12.5 Å². The molecular weight excluding hydrogens is 344 g/mol. The maximum absolute atomic E-state index is 12.3. The minimum atomic E-state index is -0.404. The van der Waals surface area contributed by atoms with Gasteiger partial charge >= 0.3 is 5.97 Å². The number of carbonyl (C=O) groups is 2. The van der Waals surface area contributed by atoms with E-state index in [1.807, 2.05) is 19.1 Å². The summed E-state index contributed by atoms with van der Waals surface area (Å²) < 4.78 is 4.85. The number of hydrogen-bond donors (Lipinski definition) is 0. The predicted molar refractivity (Wildman–Crippen MR) is 96.4 cm³/mol. The number of esters is 1. The van der Waals surface area contributed by atoms with Gasteiger partial charge in [-0.3, -0.25) is 9.59 Å². The number of carbonyl (C=O) groups excluding carboxylic acids is 2. The van der Waals surface area contributed by atoms with Crippen LogP contribution in [-0.4, -0.2) is 42.0 Å². The second-order valence-electron chi connectivity index (χ2n) is 5.14. The number of aryl methyl sites for hydroxylation is 1. The summed E-state index contributed by atoms with van der Waals surface area (Å²) in [4.78, 5) is 30.6. The molecule has 0 aliphatic heterocycles. The summed E-state index contributed by atoms with van der Waals surface area (Å²) in [5.41, 5.74) is 1.62. The highest BCUT2D eigenvalue weighted by Gasteiger charge is 2.15. The van der Waals surface area contributed by atoms with E-state index in [9.17, 15) is 9.59 Å². The molecule has 2 aromatic rings. The molecule has 0 aliphatic carbocycles. The Morgan fingerprint density at radius 1 is 1.29 bits per heavy atom. The molecule has 0 fully saturated rings. The van der Waals surface area contributed by atoms with Crippen molar-refractivity contribution in [3.05, 3.63) is 45.9 Å². The minimum Gasteiger partial charge on any atom is -0.465 e. The maximum Gasteiger partial charge on any atom is 0.325 e. The number of thiazole rings is 1. The van der Waals surface area contributed by atoms with Gasteiger partial charge in [0.15, 0.2) is 0 Å². The van der Waals surface area contributed by atoms with Crippen molar-refractivity contribution in [2.75, 3.05) is 20.2 Å². The highest BCUT2D eigenvalue weighted by Crippen LogP contribution is 2.24. The summed E-state index contributed by atoms with van der Waals surface area (Å²) in [6.07, 6.45) is 0. The standard InChI is InChI=1S/C17H20N2O3S2/c1-4-22-16(20)9-19(3)17(21)13-5-7-15(8-6-13)24-11-14-10-23-12(2)18-14/h5-8,10H,4,9,11H2,1-3H3. The van der Waals surface area contributed by atoms with E-state index < -0.39 is 5.97 Å². The Balaban J connectivity index is 1.90. The van der Waals surface area contributed by atoms with Crippen LogP contribution in [0.15, 0.2) is 34.5 Å². The van der Waals surface area contributed by atoms with Gasteiger partial charge in [0.2, 0.25) is 0 Å². The first kappa shape index (κ1) is 18.5. The number of aromatic nitrogens is 1. The third kappa shape index (κ3) is 5.35. The molecule has 0 aliphatic rings. The third-order valence-electron chi connectivity index (χ3n) is 3.17. The zero-order valence-corrected chi connectivity index (χ0v) is 15.6. The fraction of sp³-hybridized carbons (Fsp3) is 0.353. The average molecular weight is 364 g/mol. The lowest BCUT2D eigenvalue weighted by Crippen LogP contribution is -2.33. The van der Waals surface area contributed by atoms with Gasteiger partial charge in [0.1, 0.15) is 6.54 Å². The fourth-order valence-electron chi connectivity index (χ4n) is 2.02. The summed E-state index contributed by atoms with van der Waals surface area (Å²) in [5, 5.41) is 3.13. The number of thioether (sulfide) groups is 1. The van der Waals surface area contributed by atoms with Crippen molar-refractivity contribution >= 4 is 35.0 Å². The van der Waals surface area contributed by atoms with Crippen molar-refractivity contribution in [3.63, 3.8) is 0 Å². The molecule has 0 bridgehead atoms. The second-order valence-corrected chi connectivity index (χ2v) is 7.25. The Morgan fingerprint density at radius 3 is 2.58 bits per heavy atom. The monoisotopic (exact) mass is 364 g/mol. The summed E-state index contributed by atoms with van der Waals surface area (Å²) >= 11 is 3.32. The number of rotatable bonds is 7. The number of ether oxygens (including phenoxy) is 1. The van der Waals surface area contributed by atoms with E-state index in [1.165, 1.54) is 4.90 Å². The van der Waals surface area contributed by atoms with E-state index in [4.69, 9.17) is 4.74 Å². The van der Waals surface area contributed by atoms with Crippen LogP contribution in [0.25, 0.3) is 0 Å². The Morgan fingerprint density at radius 2 is 2.00 bits per heavy atom. The highest BCUT2D eigenvalue weighted by molar-refractivity contribution is 7.98. The molecule has 0 saturated carbocycles. The zero-order chi connectivity index (χ0) is 17.5. The molecular formula is C17H20N2O3S2. The number of likely N-dealkylation sites (N-methyl/N-ethyl adjacent to an activating group) is 1. The van der Waals surface area contributed by atoms with Crippen LogP contribution in [0.4, 0.5) is 0 Å². The lowest BCUT2D eigenvalue weighted by molar-refractivity contribution is -0.143. The van der Waals surface area contributed by atoms with E-state index in [0.717, 1.165) is 21.3 Å². The van der Waals surface area contributed by atoms with Crippen molar-refractivity contribution in [3.8, 4) is 0 Å². The first-order valence-corrected chi connectivity index (χ1v) is 9.41. The molecule has 24 heavy (non-hydrogen) atoms. The number of hydrogen-bond acceptors (Lipinski definition) is 6. The predicted octanol–water partition coefficient (Wildman–Crippen LogP) is 3.38. The zero-order valence-electron chi connectivity index (χ0n) is 13.9. The van der Waals surface area contributed by atoms with Crippen LogP contribution in [0.3, 0.4) is 0 Å². The highest BCUT2D eigenvalue weighted by atomic mass is 32.2. The first-order valence-electron chi connectivity index (χ1n) is 7.54. The van der Waals surface area contributed by atoms with E-state index >= 15 is 0 Å². The molecule has 2 rings (SSSR count). The molecule has 128 valence electrons. The SMILES string of the molecule is CCOC(=O)CN(C)C(=O)c1ccc(SCc2csc(C)n2)cc1. The molecule has 5 nitrogen and oxygen atoms in total. The molecule has 0 radical (unpaired) electrons. The van der Waals surface area contributed by atoms with Gasteiger partial charge in [-0.05, 0) is 38.1 Å². The quantitative estimate of drug-likeness (QED) is 0.557. The van der Waals surface area contributed by atoms with Crippen LogP contribution in [0.1, 0.15) is 28.0 Å². The fourth-order valence-corrected chi connectivity index (χ4v) is 3.53. The van der Waals surface area contributed by atoms with Crippen LogP contribution in [0.2, 0.25) is 0 Å². The molecule has 0 spiro atoms. The number of benzene rings is 1. The molecule has 1 heterocycles. The van der Waals surface area contributed by atoms with Crippen molar-refractivity contribution in [2.24, 2.45) is 0 Å². The lowest BCUT2D eigenvalue weighted by atomic mass is 10.2. The second kappa shape index (κ2) is 8.84. The van der Waals surface area contributed by atoms with Gasteiger partial charge in [0, 0.05) is 28.6 Å². The number of nitrogens with zero attached hydrogens (tertiary/aromatic N) is 2. The molecule has 0 N–H and O–H groups in total. The smallest absolute Gasteiger partial charge is 0.325 e. The maximum atomic E-state index is 12.3. The van der Waals surface area contributed by atoms with Gasteiger partial charge < -0.3 is 9.64 Å². The summed E-state index contributed by atoms with van der Waals surface area (Å²) in [7, 11) is 1.59. The first-order chi connectivity index (χ1) is 11.5. The number of amides is 1. The van der Waals surface area contributed by atoms with Gasteiger partial charge in [-0.15, -0.1) is 23.1 Å². The third-order valence-corrected chi connectivity index (χ3v) is 5.04. The summed E-state index contributed by atoms with van der Waals surface area (Å²) in [6.45, 7) is 3.99. The lowest BCUT2D eigenvalue weighted by Gasteiger charge is -2.16. The van der Waals surface area contributed by atoms with E-state index in [0.29, 0.717) is 12.2 Å². The molecule has 7 heteroatoms. The molecule has 0 unspecified atom stereocenters. The van der Waals surface area contributed by atoms with Crippen molar-refractivity contribution in [2.45, 2.75) is 24.5 Å². The Hall–Kier alpha value is -1.86. The Labute approximate surface area is 150 Å². The molecule has 0 saturated heterocycles. The minimum absolute atomic E-state index is 0.0493. The van der Waals surface area contributed by atoms with Gasteiger partial charge in [-0.1, -0.05) is 0 Å². The van der Waals surface area contributed by atoms with E-state index in [1.54, 1.807) is 49.2 Å².